The summed E-state index contributed by atoms with van der Waals surface area (Å²) in [7, 11) is -2.20. The second kappa shape index (κ2) is 3.96. The standard InChI is InChI=1S/C13H15NO4S/c1-18-9-5-4-6-10-11(9)14-12(15)13(19(10,16)17)7-2-3-8-13/h4-6H,2-3,7-8H2,1H3,(H,14,15). The highest BCUT2D eigenvalue weighted by atomic mass is 32.2. The van der Waals surface area contributed by atoms with Crippen molar-refractivity contribution in [1.29, 1.82) is 0 Å². The summed E-state index contributed by atoms with van der Waals surface area (Å²) in [4.78, 5) is 12.5. The second-order valence-corrected chi connectivity index (χ2v) is 7.22. The number of sulfone groups is 1. The predicted octanol–water partition coefficient (Wildman–Crippen LogP) is 1.73. The van der Waals surface area contributed by atoms with Gasteiger partial charge in [0.05, 0.1) is 12.0 Å². The summed E-state index contributed by atoms with van der Waals surface area (Å²) in [6, 6.07) is 4.81. The van der Waals surface area contributed by atoms with E-state index in [0.717, 1.165) is 12.8 Å². The monoisotopic (exact) mass is 281 g/mol. The molecule has 0 radical (unpaired) electrons. The Kier molecular flexibility index (Phi) is 2.60. The largest absolute Gasteiger partial charge is 0.495 e. The van der Waals surface area contributed by atoms with Crippen LogP contribution < -0.4 is 10.1 Å². The molecule has 1 aromatic carbocycles. The molecule has 0 unspecified atom stereocenters. The molecule has 1 aromatic rings. The molecule has 0 atom stereocenters. The predicted molar refractivity (Wildman–Crippen MR) is 70.0 cm³/mol. The molecule has 1 heterocycles. The first kappa shape index (κ1) is 12.5. The number of rotatable bonds is 1. The Balaban J connectivity index is 2.27. The van der Waals surface area contributed by atoms with Crippen LogP contribution in [0.5, 0.6) is 5.75 Å². The highest BCUT2D eigenvalue weighted by molar-refractivity contribution is 7.94. The van der Waals surface area contributed by atoms with Crippen molar-refractivity contribution >= 4 is 21.4 Å². The average molecular weight is 281 g/mol. The third kappa shape index (κ3) is 1.46. The summed E-state index contributed by atoms with van der Waals surface area (Å²) in [6.45, 7) is 0. The molecule has 6 heteroatoms. The quantitative estimate of drug-likeness (QED) is 0.851. The molecule has 3 rings (SSSR count). The summed E-state index contributed by atoms with van der Waals surface area (Å²) in [5.41, 5.74) is 0.271. The van der Waals surface area contributed by atoms with Crippen LogP contribution in [0.15, 0.2) is 23.1 Å². The lowest BCUT2D eigenvalue weighted by Crippen LogP contribution is -2.50. The summed E-state index contributed by atoms with van der Waals surface area (Å²) < 4.78 is 29.4. The minimum Gasteiger partial charge on any atom is -0.495 e. The molecule has 0 saturated heterocycles. The Morgan fingerprint density at radius 3 is 2.58 bits per heavy atom. The molecule has 1 spiro atoms. The molecule has 0 bridgehead atoms. The molecule has 5 nitrogen and oxygen atoms in total. The summed E-state index contributed by atoms with van der Waals surface area (Å²) >= 11 is 0. The van der Waals surface area contributed by atoms with Crippen molar-refractivity contribution in [2.45, 2.75) is 35.3 Å². The molecular formula is C13H15NO4S. The second-order valence-electron chi connectivity index (χ2n) is 4.99. The number of methoxy groups -OCH3 is 1. The van der Waals surface area contributed by atoms with Crippen molar-refractivity contribution in [3.63, 3.8) is 0 Å². The number of anilines is 1. The van der Waals surface area contributed by atoms with Gasteiger partial charge in [-0.1, -0.05) is 18.9 Å². The fraction of sp³-hybridized carbons (Fsp3) is 0.462. The SMILES string of the molecule is COc1cccc2c1NC(=O)C1(CCCC1)S2(=O)=O. The van der Waals surface area contributed by atoms with Gasteiger partial charge < -0.3 is 10.1 Å². The van der Waals surface area contributed by atoms with Gasteiger partial charge in [0.15, 0.2) is 14.6 Å². The molecule has 1 saturated carbocycles. The fourth-order valence-corrected chi connectivity index (χ4v) is 5.25. The minimum atomic E-state index is -3.66. The molecule has 1 aliphatic carbocycles. The number of carbonyl (C=O) groups excluding carboxylic acids is 1. The van der Waals surface area contributed by atoms with Gasteiger partial charge in [-0.05, 0) is 25.0 Å². The van der Waals surface area contributed by atoms with E-state index in [-0.39, 0.29) is 10.6 Å². The van der Waals surface area contributed by atoms with Gasteiger partial charge in [0.2, 0.25) is 5.91 Å². The van der Waals surface area contributed by atoms with Crippen LogP contribution in [0.3, 0.4) is 0 Å². The van der Waals surface area contributed by atoms with E-state index in [4.69, 9.17) is 4.74 Å². The molecule has 102 valence electrons. The van der Waals surface area contributed by atoms with Gasteiger partial charge >= 0.3 is 0 Å². The van der Waals surface area contributed by atoms with Crippen LogP contribution in [0, 0.1) is 0 Å². The normalized spacial score (nSPS) is 22.9. The van der Waals surface area contributed by atoms with Gasteiger partial charge in [0.25, 0.3) is 0 Å². The Labute approximate surface area is 111 Å². The van der Waals surface area contributed by atoms with Gasteiger partial charge in [-0.25, -0.2) is 8.42 Å². The first-order valence-electron chi connectivity index (χ1n) is 6.26. The van der Waals surface area contributed by atoms with E-state index in [0.29, 0.717) is 18.6 Å². The van der Waals surface area contributed by atoms with Crippen LogP contribution in [0.25, 0.3) is 0 Å². The van der Waals surface area contributed by atoms with E-state index in [1.54, 1.807) is 12.1 Å². The smallest absolute Gasteiger partial charge is 0.246 e. The van der Waals surface area contributed by atoms with Crippen molar-refractivity contribution in [2.75, 3.05) is 12.4 Å². The number of ether oxygens (including phenoxy) is 1. The molecule has 0 aromatic heterocycles. The highest BCUT2D eigenvalue weighted by Crippen LogP contribution is 2.48. The lowest BCUT2D eigenvalue weighted by atomic mass is 10.1. The summed E-state index contributed by atoms with van der Waals surface area (Å²) in [6.07, 6.45) is 2.34. The van der Waals surface area contributed by atoms with Crippen molar-refractivity contribution in [3.8, 4) is 5.75 Å². The van der Waals surface area contributed by atoms with E-state index >= 15 is 0 Å². The third-order valence-electron chi connectivity index (χ3n) is 4.08. The van der Waals surface area contributed by atoms with E-state index < -0.39 is 20.5 Å². The molecule has 1 amide bonds. The van der Waals surface area contributed by atoms with E-state index in [9.17, 15) is 13.2 Å². The zero-order valence-electron chi connectivity index (χ0n) is 10.6. The summed E-state index contributed by atoms with van der Waals surface area (Å²) in [5.74, 6) is -0.0377. The maximum atomic E-state index is 12.8. The first-order valence-corrected chi connectivity index (χ1v) is 7.74. The number of fused-ring (bicyclic) bond motifs is 1. The number of nitrogens with one attached hydrogen (secondary N) is 1. The Bertz CT molecular complexity index is 645. The summed E-state index contributed by atoms with van der Waals surface area (Å²) in [5, 5.41) is 2.72. The molecule has 1 fully saturated rings. The number of hydrogen-bond acceptors (Lipinski definition) is 4. The third-order valence-corrected chi connectivity index (χ3v) is 6.62. The van der Waals surface area contributed by atoms with Crippen molar-refractivity contribution in [3.05, 3.63) is 18.2 Å². The van der Waals surface area contributed by atoms with Crippen molar-refractivity contribution in [1.82, 2.24) is 0 Å². The van der Waals surface area contributed by atoms with Gasteiger partial charge in [0.1, 0.15) is 11.4 Å². The van der Waals surface area contributed by atoms with E-state index in [1.165, 1.54) is 13.2 Å². The van der Waals surface area contributed by atoms with Crippen LogP contribution in [-0.2, 0) is 14.6 Å². The number of hydrogen-bond donors (Lipinski definition) is 1. The highest BCUT2D eigenvalue weighted by Gasteiger charge is 2.56. The van der Waals surface area contributed by atoms with Crippen LogP contribution in [0.1, 0.15) is 25.7 Å². The number of amides is 1. The Morgan fingerprint density at radius 1 is 1.26 bits per heavy atom. The maximum absolute atomic E-state index is 12.8. The zero-order chi connectivity index (χ0) is 13.7. The van der Waals surface area contributed by atoms with Gasteiger partial charge in [-0.3, -0.25) is 4.79 Å². The van der Waals surface area contributed by atoms with Gasteiger partial charge in [-0.2, -0.15) is 0 Å². The van der Waals surface area contributed by atoms with Crippen molar-refractivity contribution < 1.29 is 17.9 Å². The lowest BCUT2D eigenvalue weighted by molar-refractivity contribution is -0.118. The molecular weight excluding hydrogens is 266 g/mol. The van der Waals surface area contributed by atoms with Crippen LogP contribution in [0.4, 0.5) is 5.69 Å². The Morgan fingerprint density at radius 2 is 1.95 bits per heavy atom. The number of para-hydroxylation sites is 1. The molecule has 1 N–H and O–H groups in total. The zero-order valence-corrected chi connectivity index (χ0v) is 11.4. The molecule has 1 aliphatic heterocycles. The molecule has 2 aliphatic rings. The Hall–Kier alpha value is -1.56. The van der Waals surface area contributed by atoms with Gasteiger partial charge in [0, 0.05) is 0 Å². The topological polar surface area (TPSA) is 72.5 Å². The van der Waals surface area contributed by atoms with E-state index in [1.807, 2.05) is 0 Å². The van der Waals surface area contributed by atoms with E-state index in [2.05, 4.69) is 5.32 Å². The number of benzene rings is 1. The van der Waals surface area contributed by atoms with Crippen LogP contribution in [0.2, 0.25) is 0 Å². The maximum Gasteiger partial charge on any atom is 0.246 e. The van der Waals surface area contributed by atoms with Crippen molar-refractivity contribution in [2.24, 2.45) is 0 Å². The lowest BCUT2D eigenvalue weighted by Gasteiger charge is -2.33. The van der Waals surface area contributed by atoms with Crippen LogP contribution in [-0.4, -0.2) is 26.2 Å². The first-order chi connectivity index (χ1) is 9.03. The average Bonchev–Trinajstić information content (AvgIpc) is 2.88. The molecule has 19 heavy (non-hydrogen) atoms. The minimum absolute atomic E-state index is 0.174. The number of carbonyl (C=O) groups is 1. The van der Waals surface area contributed by atoms with Crippen LogP contribution >= 0.6 is 0 Å². The van der Waals surface area contributed by atoms with Gasteiger partial charge in [-0.15, -0.1) is 0 Å². The fourth-order valence-electron chi connectivity index (χ4n) is 3.03.